The lowest BCUT2D eigenvalue weighted by molar-refractivity contribution is 0.101. The van der Waals surface area contributed by atoms with Gasteiger partial charge in [0.15, 0.2) is 0 Å². The van der Waals surface area contributed by atoms with Crippen molar-refractivity contribution in [3.05, 3.63) is 100 Å². The summed E-state index contributed by atoms with van der Waals surface area (Å²) in [6.45, 7) is 0. The summed E-state index contributed by atoms with van der Waals surface area (Å²) in [4.78, 5) is 37.1. The van der Waals surface area contributed by atoms with E-state index in [4.69, 9.17) is 9.15 Å². The normalized spacial score (nSPS) is 10.5. The van der Waals surface area contributed by atoms with E-state index in [0.29, 0.717) is 33.7 Å². The van der Waals surface area contributed by atoms with E-state index in [1.807, 2.05) is 0 Å². The minimum atomic E-state index is -0.716. The lowest BCUT2D eigenvalue weighted by Gasteiger charge is -2.08. The van der Waals surface area contributed by atoms with Gasteiger partial charge in [-0.2, -0.15) is 0 Å². The van der Waals surface area contributed by atoms with E-state index in [-0.39, 0.29) is 11.5 Å². The molecule has 0 atom stereocenters. The maximum atomic E-state index is 12.5. The fourth-order valence-corrected chi connectivity index (χ4v) is 3.00. The van der Waals surface area contributed by atoms with Crippen molar-refractivity contribution in [2.75, 3.05) is 17.7 Å². The van der Waals surface area contributed by atoms with Crippen molar-refractivity contribution in [1.29, 1.82) is 0 Å². The third kappa shape index (κ3) is 4.45. The standard InChI is InChI=1S/C24H18N2O5/c1-30-19-12-10-18(11-13-19)25-22(27)15-6-8-17(9-7-15)26-23(28)20-14-16-4-2-3-5-21(16)31-24(20)29/h2-14H,1H3,(H,25,27)(H,26,28). The number of fused-ring (bicyclic) bond motifs is 1. The average Bonchev–Trinajstić information content (AvgIpc) is 2.79. The molecule has 0 spiro atoms. The number of nitrogens with one attached hydrogen (secondary N) is 2. The van der Waals surface area contributed by atoms with Gasteiger partial charge >= 0.3 is 5.63 Å². The van der Waals surface area contributed by atoms with Gasteiger partial charge in [-0.05, 0) is 60.7 Å². The summed E-state index contributed by atoms with van der Waals surface area (Å²) in [7, 11) is 1.57. The van der Waals surface area contributed by atoms with Crippen LogP contribution in [0.2, 0.25) is 0 Å². The Morgan fingerprint density at radius 2 is 1.42 bits per heavy atom. The Hall–Kier alpha value is -4.39. The van der Waals surface area contributed by atoms with Crippen LogP contribution in [0.25, 0.3) is 11.0 Å². The summed E-state index contributed by atoms with van der Waals surface area (Å²) in [6.07, 6.45) is 0. The molecule has 7 nitrogen and oxygen atoms in total. The van der Waals surface area contributed by atoms with E-state index < -0.39 is 11.5 Å². The van der Waals surface area contributed by atoms with Crippen LogP contribution in [0.1, 0.15) is 20.7 Å². The number of benzene rings is 3. The number of rotatable bonds is 5. The first-order valence-electron chi connectivity index (χ1n) is 9.43. The van der Waals surface area contributed by atoms with Crippen LogP contribution in [-0.4, -0.2) is 18.9 Å². The molecule has 0 radical (unpaired) electrons. The lowest BCUT2D eigenvalue weighted by atomic mass is 10.1. The van der Waals surface area contributed by atoms with Gasteiger partial charge in [-0.25, -0.2) is 4.79 Å². The van der Waals surface area contributed by atoms with Crippen molar-refractivity contribution in [2.45, 2.75) is 0 Å². The van der Waals surface area contributed by atoms with Crippen LogP contribution in [0.5, 0.6) is 5.75 Å². The van der Waals surface area contributed by atoms with E-state index in [2.05, 4.69) is 10.6 Å². The first kappa shape index (κ1) is 19.9. The quantitative estimate of drug-likeness (QED) is 0.475. The summed E-state index contributed by atoms with van der Waals surface area (Å²) in [5.74, 6) is -0.188. The van der Waals surface area contributed by atoms with Crippen molar-refractivity contribution in [2.24, 2.45) is 0 Å². The van der Waals surface area contributed by atoms with E-state index in [9.17, 15) is 14.4 Å². The fraction of sp³-hybridized carbons (Fsp3) is 0.0417. The van der Waals surface area contributed by atoms with Gasteiger partial charge in [-0.1, -0.05) is 18.2 Å². The number of hydrogen-bond acceptors (Lipinski definition) is 5. The van der Waals surface area contributed by atoms with Gasteiger partial charge in [0.25, 0.3) is 11.8 Å². The maximum absolute atomic E-state index is 12.5. The Morgan fingerprint density at radius 3 is 2.10 bits per heavy atom. The Kier molecular flexibility index (Phi) is 5.49. The van der Waals surface area contributed by atoms with E-state index >= 15 is 0 Å². The Balaban J connectivity index is 1.45. The number of carbonyl (C=O) groups is 2. The molecule has 3 aromatic carbocycles. The van der Waals surface area contributed by atoms with Crippen LogP contribution >= 0.6 is 0 Å². The molecule has 4 aromatic rings. The first-order chi connectivity index (χ1) is 15.0. The molecule has 1 heterocycles. The van der Waals surface area contributed by atoms with Crippen LogP contribution in [0, 0.1) is 0 Å². The number of ether oxygens (including phenoxy) is 1. The molecule has 154 valence electrons. The summed E-state index contributed by atoms with van der Waals surface area (Å²) < 4.78 is 10.3. The predicted molar refractivity (Wildman–Crippen MR) is 118 cm³/mol. The SMILES string of the molecule is COc1ccc(NC(=O)c2ccc(NC(=O)c3cc4ccccc4oc3=O)cc2)cc1. The molecule has 0 saturated carbocycles. The first-order valence-corrected chi connectivity index (χ1v) is 9.43. The zero-order chi connectivity index (χ0) is 21.8. The van der Waals surface area contributed by atoms with Crippen LogP contribution in [-0.2, 0) is 0 Å². The highest BCUT2D eigenvalue weighted by Gasteiger charge is 2.14. The van der Waals surface area contributed by atoms with Crippen LogP contribution in [0.3, 0.4) is 0 Å². The minimum absolute atomic E-state index is 0.0972. The molecular formula is C24H18N2O5. The monoisotopic (exact) mass is 414 g/mol. The molecule has 7 heteroatoms. The van der Waals surface area contributed by atoms with Gasteiger partial charge in [0.05, 0.1) is 7.11 Å². The summed E-state index contributed by atoms with van der Waals surface area (Å²) in [6, 6.07) is 21.8. The maximum Gasteiger partial charge on any atom is 0.349 e. The third-order valence-corrected chi connectivity index (χ3v) is 4.64. The summed E-state index contributed by atoms with van der Waals surface area (Å²) >= 11 is 0. The van der Waals surface area contributed by atoms with Crippen molar-refractivity contribution < 1.29 is 18.7 Å². The molecule has 0 fully saturated rings. The van der Waals surface area contributed by atoms with Gasteiger partial charge in [-0.3, -0.25) is 9.59 Å². The molecule has 2 N–H and O–H groups in total. The van der Waals surface area contributed by atoms with Gasteiger partial charge < -0.3 is 19.8 Å². The number of hydrogen-bond donors (Lipinski definition) is 2. The lowest BCUT2D eigenvalue weighted by Crippen LogP contribution is -2.20. The van der Waals surface area contributed by atoms with Crippen molar-refractivity contribution in [3.8, 4) is 5.75 Å². The predicted octanol–water partition coefficient (Wildman–Crippen LogP) is 4.31. The fourth-order valence-electron chi connectivity index (χ4n) is 3.00. The molecule has 0 saturated heterocycles. The molecule has 31 heavy (non-hydrogen) atoms. The molecule has 0 bridgehead atoms. The molecular weight excluding hydrogens is 396 g/mol. The number of amides is 2. The molecule has 0 aliphatic heterocycles. The number of carbonyl (C=O) groups excluding carboxylic acids is 2. The van der Waals surface area contributed by atoms with Crippen LogP contribution < -0.4 is 21.0 Å². The smallest absolute Gasteiger partial charge is 0.349 e. The largest absolute Gasteiger partial charge is 0.497 e. The van der Waals surface area contributed by atoms with Crippen molar-refractivity contribution in [3.63, 3.8) is 0 Å². The second-order valence-electron chi connectivity index (χ2n) is 6.70. The molecule has 0 aliphatic carbocycles. The highest BCUT2D eigenvalue weighted by atomic mass is 16.5. The van der Waals surface area contributed by atoms with Gasteiger partial charge in [0, 0.05) is 22.3 Å². The second kappa shape index (κ2) is 8.54. The van der Waals surface area contributed by atoms with E-state index in [1.54, 1.807) is 79.9 Å². The van der Waals surface area contributed by atoms with E-state index in [0.717, 1.165) is 0 Å². The molecule has 0 unspecified atom stereocenters. The van der Waals surface area contributed by atoms with Crippen molar-refractivity contribution >= 4 is 34.2 Å². The molecule has 4 rings (SSSR count). The summed E-state index contributed by atoms with van der Waals surface area (Å²) in [5, 5.41) is 6.08. The van der Waals surface area contributed by atoms with Gasteiger partial charge in [-0.15, -0.1) is 0 Å². The Morgan fingerprint density at radius 1 is 0.806 bits per heavy atom. The third-order valence-electron chi connectivity index (χ3n) is 4.64. The second-order valence-corrected chi connectivity index (χ2v) is 6.70. The molecule has 1 aromatic heterocycles. The minimum Gasteiger partial charge on any atom is -0.497 e. The zero-order valence-electron chi connectivity index (χ0n) is 16.5. The topological polar surface area (TPSA) is 97.6 Å². The average molecular weight is 414 g/mol. The van der Waals surface area contributed by atoms with Crippen LogP contribution in [0.15, 0.2) is 88.1 Å². The zero-order valence-corrected chi connectivity index (χ0v) is 16.5. The molecule has 2 amide bonds. The number of para-hydroxylation sites is 1. The highest BCUT2D eigenvalue weighted by Crippen LogP contribution is 2.18. The van der Waals surface area contributed by atoms with Crippen LogP contribution in [0.4, 0.5) is 11.4 Å². The van der Waals surface area contributed by atoms with Gasteiger partial charge in [0.2, 0.25) is 0 Å². The van der Waals surface area contributed by atoms with E-state index in [1.165, 1.54) is 6.07 Å². The Bertz CT molecular complexity index is 1310. The summed E-state index contributed by atoms with van der Waals surface area (Å²) in [5.41, 5.74) is 1.09. The number of methoxy groups -OCH3 is 1. The van der Waals surface area contributed by atoms with Crippen molar-refractivity contribution in [1.82, 2.24) is 0 Å². The van der Waals surface area contributed by atoms with Gasteiger partial charge in [0.1, 0.15) is 16.9 Å². The molecule has 0 aliphatic rings. The highest BCUT2D eigenvalue weighted by molar-refractivity contribution is 6.07. The number of anilines is 2. The Labute approximate surface area is 177 Å².